The zero-order chi connectivity index (χ0) is 13.3. The Balaban J connectivity index is 2.67. The Kier molecular flexibility index (Phi) is 3.94. The van der Waals surface area contributed by atoms with Crippen LogP contribution in [0.2, 0.25) is 10.0 Å². The summed E-state index contributed by atoms with van der Waals surface area (Å²) in [5.74, 6) is -0.0995. The average molecular weight is 283 g/mol. The molecular weight excluding hydrogens is 270 g/mol. The smallest absolute Gasteiger partial charge is 0.127 e. The molecule has 0 atom stereocenters. The maximum atomic E-state index is 13.9. The molecule has 0 fully saturated rings. The lowest BCUT2D eigenvalue weighted by atomic mass is 9.92. The molecule has 0 heterocycles. The Morgan fingerprint density at radius 1 is 1.00 bits per heavy atom. The van der Waals surface area contributed by atoms with Crippen LogP contribution in [0, 0.1) is 5.82 Å². The van der Waals surface area contributed by atoms with Gasteiger partial charge >= 0.3 is 0 Å². The van der Waals surface area contributed by atoms with Gasteiger partial charge in [0.15, 0.2) is 0 Å². The van der Waals surface area contributed by atoms with Crippen LogP contribution >= 0.6 is 23.2 Å². The highest BCUT2D eigenvalue weighted by atomic mass is 35.5. The van der Waals surface area contributed by atoms with Crippen LogP contribution in [0.1, 0.15) is 25.3 Å². The fourth-order valence-corrected chi connectivity index (χ4v) is 2.61. The van der Waals surface area contributed by atoms with Crippen molar-refractivity contribution in [2.45, 2.75) is 19.8 Å². The number of hydrogen-bond acceptors (Lipinski definition) is 0. The topological polar surface area (TPSA) is 0 Å². The molecule has 0 unspecified atom stereocenters. The number of hydrogen-bond donors (Lipinski definition) is 0. The van der Waals surface area contributed by atoms with Gasteiger partial charge in [-0.25, -0.2) is 4.39 Å². The molecule has 0 N–H and O–H groups in total. The van der Waals surface area contributed by atoms with Crippen molar-refractivity contribution in [2.75, 3.05) is 0 Å². The third-order valence-electron chi connectivity index (χ3n) is 2.80. The summed E-state index contributed by atoms with van der Waals surface area (Å²) in [5, 5.41) is 1.10. The fraction of sp³-hybridized carbons (Fsp3) is 0.200. The van der Waals surface area contributed by atoms with E-state index in [1.54, 1.807) is 24.3 Å². The van der Waals surface area contributed by atoms with E-state index in [1.165, 1.54) is 6.07 Å². The lowest BCUT2D eigenvalue weighted by molar-refractivity contribution is 0.599. The molecule has 0 bridgehead atoms. The van der Waals surface area contributed by atoms with E-state index in [-0.39, 0.29) is 11.7 Å². The molecule has 2 aromatic carbocycles. The zero-order valence-electron chi connectivity index (χ0n) is 10.2. The summed E-state index contributed by atoms with van der Waals surface area (Å²) in [7, 11) is 0. The van der Waals surface area contributed by atoms with Gasteiger partial charge in [-0.3, -0.25) is 0 Å². The summed E-state index contributed by atoms with van der Waals surface area (Å²) in [4.78, 5) is 0. The molecule has 2 rings (SSSR count). The van der Waals surface area contributed by atoms with E-state index in [9.17, 15) is 4.39 Å². The molecule has 0 saturated heterocycles. The molecule has 0 saturated carbocycles. The minimum absolute atomic E-state index is 0.0963. The summed E-state index contributed by atoms with van der Waals surface area (Å²) < 4.78 is 13.9. The van der Waals surface area contributed by atoms with E-state index in [4.69, 9.17) is 23.2 Å². The Morgan fingerprint density at radius 2 is 1.61 bits per heavy atom. The van der Waals surface area contributed by atoms with Gasteiger partial charge in [-0.05, 0) is 46.9 Å². The van der Waals surface area contributed by atoms with Crippen LogP contribution in [0.5, 0.6) is 0 Å². The number of benzene rings is 2. The van der Waals surface area contributed by atoms with E-state index in [1.807, 2.05) is 19.9 Å². The molecule has 0 aliphatic rings. The zero-order valence-corrected chi connectivity index (χ0v) is 11.7. The molecule has 3 heteroatoms. The van der Waals surface area contributed by atoms with Crippen LogP contribution in [0.4, 0.5) is 4.39 Å². The SMILES string of the molecule is CC(C)c1c(F)cccc1-c1cc(Cl)cc(Cl)c1. The molecule has 0 aliphatic heterocycles. The third kappa shape index (κ3) is 2.68. The maximum absolute atomic E-state index is 13.9. The van der Waals surface area contributed by atoms with Gasteiger partial charge in [0.25, 0.3) is 0 Å². The minimum Gasteiger partial charge on any atom is -0.207 e. The van der Waals surface area contributed by atoms with Crippen molar-refractivity contribution in [1.29, 1.82) is 0 Å². The van der Waals surface area contributed by atoms with E-state index in [2.05, 4.69) is 0 Å². The normalized spacial score (nSPS) is 11.0. The van der Waals surface area contributed by atoms with Crippen molar-refractivity contribution in [2.24, 2.45) is 0 Å². The minimum atomic E-state index is -0.196. The number of halogens is 3. The van der Waals surface area contributed by atoms with Crippen molar-refractivity contribution < 1.29 is 4.39 Å². The Bertz CT molecular complexity index is 556. The first-order valence-corrected chi connectivity index (χ1v) is 6.49. The summed E-state index contributed by atoms with van der Waals surface area (Å²) in [5.41, 5.74) is 2.38. The molecule has 0 nitrogen and oxygen atoms in total. The molecule has 94 valence electrons. The van der Waals surface area contributed by atoms with Crippen molar-refractivity contribution in [3.63, 3.8) is 0 Å². The van der Waals surface area contributed by atoms with Gasteiger partial charge in [-0.1, -0.05) is 49.2 Å². The summed E-state index contributed by atoms with van der Waals surface area (Å²) >= 11 is 12.0. The third-order valence-corrected chi connectivity index (χ3v) is 3.24. The second kappa shape index (κ2) is 5.29. The van der Waals surface area contributed by atoms with Crippen LogP contribution in [-0.2, 0) is 0 Å². The first-order valence-electron chi connectivity index (χ1n) is 5.74. The first kappa shape index (κ1) is 13.4. The van der Waals surface area contributed by atoms with Crippen LogP contribution in [0.15, 0.2) is 36.4 Å². The second-order valence-electron chi connectivity index (χ2n) is 4.51. The van der Waals surface area contributed by atoms with E-state index < -0.39 is 0 Å². The van der Waals surface area contributed by atoms with E-state index in [0.717, 1.165) is 11.1 Å². The van der Waals surface area contributed by atoms with Crippen molar-refractivity contribution >= 4 is 23.2 Å². The molecular formula is C15H13Cl2F. The van der Waals surface area contributed by atoms with Gasteiger partial charge in [-0.2, -0.15) is 0 Å². The van der Waals surface area contributed by atoms with Crippen LogP contribution in [-0.4, -0.2) is 0 Å². The van der Waals surface area contributed by atoms with Crippen molar-refractivity contribution in [3.8, 4) is 11.1 Å². The molecule has 2 aromatic rings. The molecule has 0 radical (unpaired) electrons. The van der Waals surface area contributed by atoms with Gasteiger partial charge in [0.05, 0.1) is 0 Å². The highest BCUT2D eigenvalue weighted by molar-refractivity contribution is 6.35. The number of rotatable bonds is 2. The summed E-state index contributed by atoms with van der Waals surface area (Å²) in [6.07, 6.45) is 0. The quantitative estimate of drug-likeness (QED) is 0.641. The van der Waals surface area contributed by atoms with Gasteiger partial charge in [0.1, 0.15) is 5.82 Å². The Hall–Kier alpha value is -1.05. The standard InChI is InChI=1S/C15H13Cl2F/c1-9(2)15-13(4-3-5-14(15)18)10-6-11(16)8-12(17)7-10/h3-9H,1-2H3. The molecule has 18 heavy (non-hydrogen) atoms. The molecule has 0 aliphatic carbocycles. The van der Waals surface area contributed by atoms with E-state index in [0.29, 0.717) is 15.6 Å². The van der Waals surface area contributed by atoms with Crippen LogP contribution < -0.4 is 0 Å². The highest BCUT2D eigenvalue weighted by Crippen LogP contribution is 2.34. The first-order chi connectivity index (χ1) is 8.49. The van der Waals surface area contributed by atoms with Gasteiger partial charge < -0.3 is 0 Å². The van der Waals surface area contributed by atoms with Crippen molar-refractivity contribution in [1.82, 2.24) is 0 Å². The fourth-order valence-electron chi connectivity index (χ4n) is 2.08. The lowest BCUT2D eigenvalue weighted by Crippen LogP contribution is -1.97. The highest BCUT2D eigenvalue weighted by Gasteiger charge is 2.14. The summed E-state index contributed by atoms with van der Waals surface area (Å²) in [6.45, 7) is 3.93. The Morgan fingerprint density at radius 3 is 2.17 bits per heavy atom. The monoisotopic (exact) mass is 282 g/mol. The van der Waals surface area contributed by atoms with E-state index >= 15 is 0 Å². The second-order valence-corrected chi connectivity index (χ2v) is 5.39. The molecule has 0 amide bonds. The van der Waals surface area contributed by atoms with Crippen LogP contribution in [0.3, 0.4) is 0 Å². The van der Waals surface area contributed by atoms with Gasteiger partial charge in [-0.15, -0.1) is 0 Å². The molecule has 0 spiro atoms. The van der Waals surface area contributed by atoms with Gasteiger partial charge in [0, 0.05) is 10.0 Å². The largest absolute Gasteiger partial charge is 0.207 e. The maximum Gasteiger partial charge on any atom is 0.127 e. The molecule has 0 aromatic heterocycles. The van der Waals surface area contributed by atoms with Crippen molar-refractivity contribution in [3.05, 3.63) is 57.8 Å². The lowest BCUT2D eigenvalue weighted by Gasteiger charge is -2.14. The van der Waals surface area contributed by atoms with Crippen LogP contribution in [0.25, 0.3) is 11.1 Å². The average Bonchev–Trinajstić information content (AvgIpc) is 2.26. The predicted octanol–water partition coefficient (Wildman–Crippen LogP) is 5.92. The Labute approximate surface area is 116 Å². The van der Waals surface area contributed by atoms with Gasteiger partial charge in [0.2, 0.25) is 0 Å². The summed E-state index contributed by atoms with van der Waals surface area (Å²) in [6, 6.07) is 10.3. The predicted molar refractivity (Wildman–Crippen MR) is 75.9 cm³/mol.